The number of nitrogens with two attached hydrogens (primary N) is 1. The molecule has 2 amide bonds. The summed E-state index contributed by atoms with van der Waals surface area (Å²) < 4.78 is 0.864. The van der Waals surface area contributed by atoms with E-state index in [9.17, 15) is 9.59 Å². The largest absolute Gasteiger partial charge is 0.368 e. The van der Waals surface area contributed by atoms with Crippen molar-refractivity contribution >= 4 is 50.2 Å². The van der Waals surface area contributed by atoms with Crippen LogP contribution in [0.25, 0.3) is 11.0 Å². The molecule has 2 aromatic heterocycles. The van der Waals surface area contributed by atoms with Crippen molar-refractivity contribution in [2.45, 2.75) is 37.8 Å². The summed E-state index contributed by atoms with van der Waals surface area (Å²) in [7, 11) is 0. The van der Waals surface area contributed by atoms with Gasteiger partial charge in [0.25, 0.3) is 0 Å². The van der Waals surface area contributed by atoms with Gasteiger partial charge in [-0.1, -0.05) is 0 Å². The number of pyridine rings is 1. The van der Waals surface area contributed by atoms with Crippen molar-refractivity contribution in [3.63, 3.8) is 0 Å². The van der Waals surface area contributed by atoms with Gasteiger partial charge in [-0.15, -0.1) is 0 Å². The molecule has 138 valence electrons. The number of carbonyl (C=O) groups is 2. The Morgan fingerprint density at radius 2 is 2.27 bits per heavy atom. The van der Waals surface area contributed by atoms with Gasteiger partial charge in [0, 0.05) is 37.9 Å². The predicted octanol–water partition coefficient (Wildman–Crippen LogP) is 1.47. The van der Waals surface area contributed by atoms with Crippen molar-refractivity contribution < 1.29 is 9.59 Å². The van der Waals surface area contributed by atoms with E-state index in [1.807, 2.05) is 0 Å². The minimum absolute atomic E-state index is 0.0866. The van der Waals surface area contributed by atoms with E-state index in [0.29, 0.717) is 24.2 Å². The maximum atomic E-state index is 12.5. The van der Waals surface area contributed by atoms with E-state index in [1.165, 1.54) is 0 Å². The number of fused-ring (bicyclic) bond motifs is 1. The summed E-state index contributed by atoms with van der Waals surface area (Å²) in [5.41, 5.74) is 8.50. The van der Waals surface area contributed by atoms with E-state index in [-0.39, 0.29) is 17.9 Å². The Kier molecular flexibility index (Phi) is 4.58. The predicted molar refractivity (Wildman–Crippen MR) is 103 cm³/mol. The van der Waals surface area contributed by atoms with Crippen LogP contribution in [0.3, 0.4) is 0 Å². The lowest BCUT2D eigenvalue weighted by Gasteiger charge is -2.33. The summed E-state index contributed by atoms with van der Waals surface area (Å²) in [5, 5.41) is 6.49. The fourth-order valence-corrected chi connectivity index (χ4v) is 4.26. The zero-order valence-electron chi connectivity index (χ0n) is 14.2. The summed E-state index contributed by atoms with van der Waals surface area (Å²) in [6, 6.07) is -0.357. The van der Waals surface area contributed by atoms with Crippen LogP contribution in [0.1, 0.15) is 25.7 Å². The minimum Gasteiger partial charge on any atom is -0.368 e. The molecular weight excluding hydrogens is 400 g/mol. The van der Waals surface area contributed by atoms with E-state index in [0.717, 1.165) is 41.5 Å². The number of anilines is 2. The minimum atomic E-state index is -0.487. The zero-order chi connectivity index (χ0) is 18.3. The number of aromatic nitrogens is 2. The summed E-state index contributed by atoms with van der Waals surface area (Å²) in [4.78, 5) is 33.7. The SMILES string of the molecule is N[C@H]1CCCN(c2c(Br)cnc3[nH]cc(NC(=O)C4CCC(=O)N4)c23)C1. The molecule has 2 aliphatic heterocycles. The Hall–Kier alpha value is -2.13. The zero-order valence-corrected chi connectivity index (χ0v) is 15.8. The van der Waals surface area contributed by atoms with Gasteiger partial charge in [0.1, 0.15) is 11.7 Å². The Morgan fingerprint density at radius 3 is 3.00 bits per heavy atom. The number of nitrogens with zero attached hydrogens (tertiary/aromatic N) is 2. The van der Waals surface area contributed by atoms with Crippen molar-refractivity contribution in [1.29, 1.82) is 0 Å². The normalized spacial score (nSPS) is 23.3. The highest BCUT2D eigenvalue weighted by Crippen LogP contribution is 2.38. The van der Waals surface area contributed by atoms with Crippen LogP contribution in [0.15, 0.2) is 16.9 Å². The standard InChI is InChI=1S/C17H21BrN6O2/c18-10-6-20-16-14(15(10)24-5-1-2-9(19)8-24)12(7-21-16)23-17(26)11-3-4-13(25)22-11/h6-7,9,11H,1-5,8,19H2,(H,20,21)(H,22,25)(H,23,26)/t9-,11?/m0/s1. The topological polar surface area (TPSA) is 116 Å². The summed E-state index contributed by atoms with van der Waals surface area (Å²) in [6.07, 6.45) is 6.44. The van der Waals surface area contributed by atoms with Crippen LogP contribution in [-0.2, 0) is 9.59 Å². The summed E-state index contributed by atoms with van der Waals surface area (Å²) >= 11 is 3.60. The molecule has 9 heteroatoms. The molecule has 4 heterocycles. The van der Waals surface area contributed by atoms with Crippen LogP contribution in [0.4, 0.5) is 11.4 Å². The summed E-state index contributed by atoms with van der Waals surface area (Å²) in [6.45, 7) is 1.66. The first-order valence-corrected chi connectivity index (χ1v) is 9.58. The van der Waals surface area contributed by atoms with Crippen LogP contribution in [0.2, 0.25) is 0 Å². The molecule has 8 nitrogen and oxygen atoms in total. The number of carbonyl (C=O) groups excluding carboxylic acids is 2. The Bertz CT molecular complexity index is 866. The fraction of sp³-hybridized carbons (Fsp3) is 0.471. The van der Waals surface area contributed by atoms with Crippen molar-refractivity contribution in [1.82, 2.24) is 15.3 Å². The second kappa shape index (κ2) is 6.88. The van der Waals surface area contributed by atoms with E-state index < -0.39 is 6.04 Å². The average molecular weight is 421 g/mol. The van der Waals surface area contributed by atoms with E-state index in [1.54, 1.807) is 12.4 Å². The highest BCUT2D eigenvalue weighted by Gasteiger charge is 2.29. The summed E-state index contributed by atoms with van der Waals surface area (Å²) in [5.74, 6) is -0.297. The van der Waals surface area contributed by atoms with Gasteiger partial charge in [-0.05, 0) is 35.2 Å². The number of H-pyrrole nitrogens is 1. The third-order valence-corrected chi connectivity index (χ3v) is 5.55. The number of hydrogen-bond acceptors (Lipinski definition) is 5. The molecular formula is C17H21BrN6O2. The molecule has 4 rings (SSSR count). The van der Waals surface area contributed by atoms with Gasteiger partial charge < -0.3 is 26.3 Å². The Labute approximate surface area is 159 Å². The monoisotopic (exact) mass is 420 g/mol. The first-order valence-electron chi connectivity index (χ1n) is 8.79. The van der Waals surface area contributed by atoms with Gasteiger partial charge in [0.15, 0.2) is 0 Å². The van der Waals surface area contributed by atoms with Crippen LogP contribution in [0, 0.1) is 0 Å². The number of amides is 2. The Morgan fingerprint density at radius 1 is 1.42 bits per heavy atom. The van der Waals surface area contributed by atoms with Crippen LogP contribution in [0.5, 0.6) is 0 Å². The van der Waals surface area contributed by atoms with Crippen molar-refractivity contribution in [3.8, 4) is 0 Å². The Balaban J connectivity index is 1.68. The number of nitrogens with one attached hydrogen (secondary N) is 3. The highest BCUT2D eigenvalue weighted by atomic mass is 79.9. The maximum absolute atomic E-state index is 12.5. The lowest BCUT2D eigenvalue weighted by Crippen LogP contribution is -2.43. The molecule has 0 bridgehead atoms. The number of hydrogen-bond donors (Lipinski definition) is 4. The second-order valence-corrected chi connectivity index (χ2v) is 7.73. The van der Waals surface area contributed by atoms with E-state index in [4.69, 9.17) is 5.73 Å². The molecule has 0 aromatic carbocycles. The van der Waals surface area contributed by atoms with Crippen molar-refractivity contribution in [2.24, 2.45) is 5.73 Å². The fourth-order valence-electron chi connectivity index (χ4n) is 3.71. The molecule has 26 heavy (non-hydrogen) atoms. The third-order valence-electron chi connectivity index (χ3n) is 4.97. The number of piperidine rings is 1. The second-order valence-electron chi connectivity index (χ2n) is 6.88. The van der Waals surface area contributed by atoms with Gasteiger partial charge in [-0.3, -0.25) is 9.59 Å². The first kappa shape index (κ1) is 17.3. The average Bonchev–Trinajstić information content (AvgIpc) is 3.22. The molecule has 1 unspecified atom stereocenters. The van der Waals surface area contributed by atoms with Crippen LogP contribution >= 0.6 is 15.9 Å². The first-order chi connectivity index (χ1) is 12.5. The molecule has 2 atom stereocenters. The van der Waals surface area contributed by atoms with E-state index >= 15 is 0 Å². The van der Waals surface area contributed by atoms with Crippen LogP contribution < -0.4 is 21.3 Å². The lowest BCUT2D eigenvalue weighted by molar-refractivity contribution is -0.122. The molecule has 0 radical (unpaired) electrons. The molecule has 5 N–H and O–H groups in total. The smallest absolute Gasteiger partial charge is 0.247 e. The van der Waals surface area contributed by atoms with Gasteiger partial charge in [-0.25, -0.2) is 4.98 Å². The van der Waals surface area contributed by atoms with Gasteiger partial charge in [0.2, 0.25) is 11.8 Å². The van der Waals surface area contributed by atoms with Crippen LogP contribution in [-0.4, -0.2) is 47.0 Å². The molecule has 2 aliphatic rings. The lowest BCUT2D eigenvalue weighted by atomic mass is 10.1. The molecule has 0 aliphatic carbocycles. The molecule has 2 fully saturated rings. The number of aromatic amines is 1. The quantitative estimate of drug-likeness (QED) is 0.599. The van der Waals surface area contributed by atoms with Crippen molar-refractivity contribution in [2.75, 3.05) is 23.3 Å². The molecule has 0 spiro atoms. The van der Waals surface area contributed by atoms with Gasteiger partial charge in [0.05, 0.1) is 21.2 Å². The molecule has 2 aromatic rings. The molecule has 2 saturated heterocycles. The highest BCUT2D eigenvalue weighted by molar-refractivity contribution is 9.10. The van der Waals surface area contributed by atoms with E-state index in [2.05, 4.69) is 41.4 Å². The third kappa shape index (κ3) is 3.16. The maximum Gasteiger partial charge on any atom is 0.247 e. The van der Waals surface area contributed by atoms with Gasteiger partial charge >= 0.3 is 0 Å². The number of rotatable bonds is 3. The van der Waals surface area contributed by atoms with Crippen molar-refractivity contribution in [3.05, 3.63) is 16.9 Å². The molecule has 0 saturated carbocycles. The number of halogens is 1. The van der Waals surface area contributed by atoms with Gasteiger partial charge in [-0.2, -0.15) is 0 Å².